The zero-order chi connectivity index (χ0) is 46.1. The van der Waals surface area contributed by atoms with Gasteiger partial charge < -0.3 is 34.3 Å². The summed E-state index contributed by atoms with van der Waals surface area (Å²) in [5, 5.41) is 30.7. The molecule has 364 valence electrons. The van der Waals surface area contributed by atoms with E-state index in [1.165, 1.54) is 44.9 Å². The first-order chi connectivity index (χ1) is 30.6. The van der Waals surface area contributed by atoms with Gasteiger partial charge in [-0.3, -0.25) is 9.35 Å². The van der Waals surface area contributed by atoms with Gasteiger partial charge in [-0.2, -0.15) is 8.42 Å². The van der Waals surface area contributed by atoms with Crippen molar-refractivity contribution in [1.82, 2.24) is 0 Å². The van der Waals surface area contributed by atoms with E-state index >= 15 is 0 Å². The third-order valence-electron chi connectivity index (χ3n) is 10.6. The van der Waals surface area contributed by atoms with Gasteiger partial charge in [-0.25, -0.2) is 4.18 Å². The quantitative estimate of drug-likeness (QED) is 0.0198. The van der Waals surface area contributed by atoms with Crippen LogP contribution >= 0.6 is 0 Å². The number of hydrogen-bond donors (Lipinski definition) is 4. The number of hydrogen-bond acceptors (Lipinski definition) is 11. The van der Waals surface area contributed by atoms with E-state index in [2.05, 4.69) is 90.9 Å². The van der Waals surface area contributed by atoms with Gasteiger partial charge in [0.25, 0.3) is 0 Å². The first kappa shape index (κ1) is 58.6. The molecular weight excluding hydrogens is 825 g/mol. The maximum absolute atomic E-state index is 12.9. The fourth-order valence-electron chi connectivity index (χ4n) is 6.93. The van der Waals surface area contributed by atoms with Gasteiger partial charge in [0.15, 0.2) is 6.29 Å². The fourth-order valence-corrected chi connectivity index (χ4v) is 7.44. The molecule has 0 radical (unpaired) electrons. The summed E-state index contributed by atoms with van der Waals surface area (Å²) in [6.07, 6.45) is 43.6. The van der Waals surface area contributed by atoms with E-state index in [1.54, 1.807) is 0 Å². The summed E-state index contributed by atoms with van der Waals surface area (Å²) in [5.41, 5.74) is 0. The highest BCUT2D eigenvalue weighted by Crippen LogP contribution is 2.26. The van der Waals surface area contributed by atoms with Crippen molar-refractivity contribution in [2.45, 2.75) is 211 Å². The molecule has 0 bridgehead atoms. The Morgan fingerprint density at radius 1 is 0.619 bits per heavy atom. The largest absolute Gasteiger partial charge is 0.457 e. The van der Waals surface area contributed by atoms with Crippen LogP contribution in [0.4, 0.5) is 0 Å². The van der Waals surface area contributed by atoms with Gasteiger partial charge in [-0.15, -0.1) is 0 Å². The Kier molecular flexibility index (Phi) is 38.1. The molecule has 0 amide bonds. The van der Waals surface area contributed by atoms with Crippen molar-refractivity contribution in [3.05, 3.63) is 72.9 Å². The molecule has 1 fully saturated rings. The van der Waals surface area contributed by atoms with Crippen molar-refractivity contribution in [2.24, 2.45) is 0 Å². The molecule has 0 aromatic carbocycles. The molecule has 0 spiro atoms. The number of carbonyl (C=O) groups excluding carboxylic acids is 1. The predicted molar refractivity (Wildman–Crippen MR) is 252 cm³/mol. The number of aliphatic hydroxyl groups excluding tert-OH is 3. The third-order valence-corrected chi connectivity index (χ3v) is 11.0. The summed E-state index contributed by atoms with van der Waals surface area (Å²) in [6, 6.07) is 0. The molecule has 0 aromatic heterocycles. The van der Waals surface area contributed by atoms with Crippen molar-refractivity contribution in [3.8, 4) is 0 Å². The molecule has 1 saturated heterocycles. The maximum Gasteiger partial charge on any atom is 0.397 e. The average Bonchev–Trinajstić information content (AvgIpc) is 3.26. The zero-order valence-corrected chi connectivity index (χ0v) is 39.7. The van der Waals surface area contributed by atoms with Gasteiger partial charge >= 0.3 is 16.4 Å². The van der Waals surface area contributed by atoms with Gasteiger partial charge in [0.1, 0.15) is 30.5 Å². The molecule has 6 unspecified atom stereocenters. The Hall–Kier alpha value is -2.46. The molecular formula is C50H86O12S. The average molecular weight is 911 g/mol. The molecule has 0 aliphatic carbocycles. The van der Waals surface area contributed by atoms with E-state index in [1.807, 2.05) is 0 Å². The Balaban J connectivity index is 2.43. The summed E-state index contributed by atoms with van der Waals surface area (Å²) in [7, 11) is -5.07. The van der Waals surface area contributed by atoms with Crippen LogP contribution in [-0.2, 0) is 38.3 Å². The van der Waals surface area contributed by atoms with E-state index in [0.717, 1.165) is 103 Å². The minimum absolute atomic E-state index is 0.0120. The van der Waals surface area contributed by atoms with Gasteiger partial charge in [-0.1, -0.05) is 157 Å². The number of unbranched alkanes of at least 4 members (excludes halogenated alkanes) is 16. The van der Waals surface area contributed by atoms with Crippen molar-refractivity contribution in [3.63, 3.8) is 0 Å². The minimum atomic E-state index is -5.07. The molecule has 0 aromatic rings. The first-order valence-electron chi connectivity index (χ1n) is 24.2. The Morgan fingerprint density at radius 3 is 1.62 bits per heavy atom. The minimum Gasteiger partial charge on any atom is -0.457 e. The first-order valence-corrected chi connectivity index (χ1v) is 25.6. The lowest BCUT2D eigenvalue weighted by Gasteiger charge is -2.41. The number of rotatable bonds is 41. The molecule has 1 rings (SSSR count). The number of carbonyl (C=O) groups is 1. The summed E-state index contributed by atoms with van der Waals surface area (Å²) in [6.45, 7) is 3.79. The normalized spacial score (nSPS) is 20.5. The lowest BCUT2D eigenvalue weighted by atomic mass is 9.99. The number of allylic oxidation sites excluding steroid dienone is 12. The highest BCUT2D eigenvalue weighted by atomic mass is 32.3. The molecule has 4 N–H and O–H groups in total. The number of esters is 1. The molecule has 6 atom stereocenters. The van der Waals surface area contributed by atoms with Crippen LogP contribution in [0.3, 0.4) is 0 Å². The summed E-state index contributed by atoms with van der Waals surface area (Å²) in [4.78, 5) is 12.9. The van der Waals surface area contributed by atoms with Crippen LogP contribution in [0.2, 0.25) is 0 Å². The van der Waals surface area contributed by atoms with E-state index in [-0.39, 0.29) is 19.6 Å². The highest BCUT2D eigenvalue weighted by Gasteiger charge is 2.48. The second-order valence-corrected chi connectivity index (χ2v) is 17.4. The number of ether oxygens (including phenoxy) is 4. The van der Waals surface area contributed by atoms with Crippen molar-refractivity contribution in [2.75, 3.05) is 26.4 Å². The number of aliphatic hydroxyl groups is 3. The second-order valence-electron chi connectivity index (χ2n) is 16.3. The molecule has 63 heavy (non-hydrogen) atoms. The standard InChI is InChI=1S/C50H86O12S/c1-3-5-7-9-11-13-15-17-19-21-22-23-24-26-28-30-32-34-36-38-40-58-42-44(43-59-50-48(54)49(62-63(55,56)57)47(53)45(41-51)61-50)60-46(52)39-37-35-33-31-29-27-25-20-18-16-14-12-10-8-6-4-2/h5,7,11,13,17,19-20,22-23,25-26,28,44-45,47-51,53-54H,3-4,6,8-10,12,14-16,18,21,24,27,29-43H2,1-2H3,(H,55,56,57)/b7-5-,13-11-,19-17-,23-22-,25-20-,28-26-. The monoisotopic (exact) mass is 911 g/mol. The Morgan fingerprint density at radius 2 is 1.10 bits per heavy atom. The smallest absolute Gasteiger partial charge is 0.397 e. The molecule has 12 nitrogen and oxygen atoms in total. The van der Waals surface area contributed by atoms with Crippen LogP contribution in [0.15, 0.2) is 72.9 Å². The highest BCUT2D eigenvalue weighted by molar-refractivity contribution is 7.80. The van der Waals surface area contributed by atoms with Gasteiger partial charge in [-0.05, 0) is 83.5 Å². The molecule has 13 heteroatoms. The molecule has 0 saturated carbocycles. The van der Waals surface area contributed by atoms with E-state index in [4.69, 9.17) is 18.9 Å². The zero-order valence-electron chi connectivity index (χ0n) is 38.9. The Bertz CT molecular complexity index is 1370. The maximum atomic E-state index is 12.9. The summed E-state index contributed by atoms with van der Waals surface area (Å²) in [5.74, 6) is -0.420. The van der Waals surface area contributed by atoms with E-state index < -0.39 is 59.8 Å². The van der Waals surface area contributed by atoms with Crippen molar-refractivity contribution >= 4 is 16.4 Å². The SMILES string of the molecule is CC/C=C\C/C=C\C/C=C\C/C=C\C/C=C\CCCCCCOCC(COC1OC(CO)C(O)C(OS(=O)(=O)O)C1O)OC(=O)CCCCCCC/C=C\CCCCCCCCC. The van der Waals surface area contributed by atoms with Crippen LogP contribution in [0.25, 0.3) is 0 Å². The lowest BCUT2D eigenvalue weighted by molar-refractivity contribution is -0.301. The fraction of sp³-hybridized carbons (Fsp3) is 0.740. The summed E-state index contributed by atoms with van der Waals surface area (Å²) >= 11 is 0. The summed E-state index contributed by atoms with van der Waals surface area (Å²) < 4.78 is 59.1. The van der Waals surface area contributed by atoms with Crippen molar-refractivity contribution in [1.29, 1.82) is 0 Å². The van der Waals surface area contributed by atoms with Crippen LogP contribution in [0.5, 0.6) is 0 Å². The van der Waals surface area contributed by atoms with Gasteiger partial charge in [0.2, 0.25) is 0 Å². The van der Waals surface area contributed by atoms with Crippen LogP contribution in [-0.4, -0.2) is 97.5 Å². The van der Waals surface area contributed by atoms with Crippen molar-refractivity contribution < 1.29 is 56.2 Å². The predicted octanol–water partition coefficient (Wildman–Crippen LogP) is 10.7. The Labute approximate surface area is 381 Å². The molecule has 1 heterocycles. The van der Waals surface area contributed by atoms with Crippen LogP contribution in [0, 0.1) is 0 Å². The van der Waals surface area contributed by atoms with E-state index in [0.29, 0.717) is 13.0 Å². The molecule has 1 aliphatic heterocycles. The molecule has 1 aliphatic rings. The topological polar surface area (TPSA) is 178 Å². The van der Waals surface area contributed by atoms with Gasteiger partial charge in [0, 0.05) is 13.0 Å². The van der Waals surface area contributed by atoms with Crippen LogP contribution < -0.4 is 0 Å². The van der Waals surface area contributed by atoms with E-state index in [9.17, 15) is 33.1 Å². The van der Waals surface area contributed by atoms with Gasteiger partial charge in [0.05, 0.1) is 19.8 Å². The lowest BCUT2D eigenvalue weighted by Crippen LogP contribution is -2.60. The second kappa shape index (κ2) is 41.0. The third kappa shape index (κ3) is 34.5. The van der Waals surface area contributed by atoms with Crippen LogP contribution in [0.1, 0.15) is 174 Å².